The molecule has 4 N–H and O–H groups in total. The molecule has 0 radical (unpaired) electrons. The average Bonchev–Trinajstić information content (AvgIpc) is 3.43. The molecule has 0 aromatic carbocycles. The van der Waals surface area contributed by atoms with E-state index in [0.29, 0.717) is 41.5 Å². The maximum Gasteiger partial charge on any atom is 0.252 e. The molecule has 4 aromatic heterocycles. The van der Waals surface area contributed by atoms with E-state index in [9.17, 15) is 15.0 Å². The van der Waals surface area contributed by atoms with Crippen LogP contribution in [0, 0.1) is 13.8 Å². The molecule has 5 rings (SSSR count). The molecular formula is C25H28N8O4. The van der Waals surface area contributed by atoms with Gasteiger partial charge in [0.2, 0.25) is 0 Å². The minimum atomic E-state index is -1.42. The Balaban J connectivity index is 1.56. The van der Waals surface area contributed by atoms with E-state index >= 15 is 0 Å². The van der Waals surface area contributed by atoms with Gasteiger partial charge in [0.15, 0.2) is 35.1 Å². The van der Waals surface area contributed by atoms with Crippen molar-refractivity contribution in [1.29, 1.82) is 0 Å². The number of aromatic nitrogens is 6. The van der Waals surface area contributed by atoms with E-state index in [1.807, 2.05) is 38.1 Å². The summed E-state index contributed by atoms with van der Waals surface area (Å²) < 4.78 is 7.31. The fourth-order valence-corrected chi connectivity index (χ4v) is 4.29. The van der Waals surface area contributed by atoms with E-state index < -0.39 is 30.4 Å². The number of nitrogens with zero attached hydrogens (tertiary/aromatic N) is 6. The van der Waals surface area contributed by atoms with Gasteiger partial charge >= 0.3 is 0 Å². The maximum atomic E-state index is 12.4. The van der Waals surface area contributed by atoms with E-state index in [1.165, 1.54) is 10.9 Å². The largest absolute Gasteiger partial charge is 0.387 e. The number of amides is 1. The number of rotatable bonds is 7. The van der Waals surface area contributed by atoms with Gasteiger partial charge in [0.1, 0.15) is 12.2 Å². The van der Waals surface area contributed by atoms with Crippen LogP contribution in [0.2, 0.25) is 0 Å². The van der Waals surface area contributed by atoms with Gasteiger partial charge in [-0.05, 0) is 44.5 Å². The lowest BCUT2D eigenvalue weighted by Crippen LogP contribution is -2.42. The summed E-state index contributed by atoms with van der Waals surface area (Å²) in [5.41, 5.74) is 4.15. The molecule has 12 nitrogen and oxygen atoms in total. The van der Waals surface area contributed by atoms with Gasteiger partial charge in [-0.3, -0.25) is 19.3 Å². The van der Waals surface area contributed by atoms with Gasteiger partial charge < -0.3 is 25.6 Å². The Morgan fingerprint density at radius 2 is 1.97 bits per heavy atom. The second-order valence-electron chi connectivity index (χ2n) is 8.92. The summed E-state index contributed by atoms with van der Waals surface area (Å²) in [6.45, 7) is 6.37. The van der Waals surface area contributed by atoms with Gasteiger partial charge in [-0.2, -0.15) is 0 Å². The van der Waals surface area contributed by atoms with E-state index in [4.69, 9.17) is 14.7 Å². The van der Waals surface area contributed by atoms with Crippen molar-refractivity contribution in [2.75, 3.05) is 11.9 Å². The Labute approximate surface area is 212 Å². The van der Waals surface area contributed by atoms with Crippen LogP contribution >= 0.6 is 0 Å². The molecule has 4 atom stereocenters. The number of fused-ring (bicyclic) bond motifs is 1. The van der Waals surface area contributed by atoms with Crippen molar-refractivity contribution in [3.63, 3.8) is 0 Å². The first-order valence-corrected chi connectivity index (χ1v) is 12.0. The van der Waals surface area contributed by atoms with Gasteiger partial charge in [0.05, 0.1) is 18.6 Å². The third-order valence-electron chi connectivity index (χ3n) is 6.06. The van der Waals surface area contributed by atoms with Crippen LogP contribution in [-0.4, -0.2) is 70.5 Å². The molecular weight excluding hydrogens is 476 g/mol. The number of nitrogens with one attached hydrogen (secondary N) is 2. The number of hydrogen-bond acceptors (Lipinski definition) is 10. The second kappa shape index (κ2) is 10.2. The SMILES string of the molecule is CCNC(=O)[C@H]1O[C@@H](n2cnc3c(NCc4cccc(C)n4)nc(-c4cncc(C)c4)nc32)[C@H](O)[C@@H]1O. The van der Waals surface area contributed by atoms with Crippen molar-refractivity contribution >= 4 is 22.9 Å². The predicted octanol–water partition coefficient (Wildman–Crippen LogP) is 1.27. The van der Waals surface area contributed by atoms with Crippen molar-refractivity contribution < 1.29 is 19.7 Å². The zero-order valence-electron chi connectivity index (χ0n) is 20.7. The lowest BCUT2D eigenvalue weighted by molar-refractivity contribution is -0.137. The Bertz CT molecular complexity index is 1440. The second-order valence-corrected chi connectivity index (χ2v) is 8.92. The summed E-state index contributed by atoms with van der Waals surface area (Å²) in [4.78, 5) is 35.0. The summed E-state index contributed by atoms with van der Waals surface area (Å²) in [6, 6.07) is 7.68. The van der Waals surface area contributed by atoms with E-state index in [1.54, 1.807) is 19.3 Å². The first kappa shape index (κ1) is 24.7. The fraction of sp³-hybridized carbons (Fsp3) is 0.360. The number of carbonyl (C=O) groups excluding carboxylic acids is 1. The molecule has 0 bridgehead atoms. The van der Waals surface area contributed by atoms with Crippen LogP contribution in [0.25, 0.3) is 22.6 Å². The Hall–Kier alpha value is -4.00. The molecule has 12 heteroatoms. The lowest BCUT2D eigenvalue weighted by atomic mass is 10.1. The number of likely N-dealkylation sites (N-methyl/N-ethyl adjacent to an activating group) is 1. The first-order chi connectivity index (χ1) is 17.9. The Morgan fingerprint density at radius 1 is 1.14 bits per heavy atom. The van der Waals surface area contributed by atoms with Gasteiger partial charge in [-0.15, -0.1) is 0 Å². The molecule has 0 aliphatic carbocycles. The van der Waals surface area contributed by atoms with Gasteiger partial charge in [0.25, 0.3) is 5.91 Å². The highest BCUT2D eigenvalue weighted by atomic mass is 16.6. The lowest BCUT2D eigenvalue weighted by Gasteiger charge is -2.17. The van der Waals surface area contributed by atoms with Crippen LogP contribution in [0.3, 0.4) is 0 Å². The van der Waals surface area contributed by atoms with Crippen molar-refractivity contribution in [3.05, 3.63) is 59.9 Å². The van der Waals surface area contributed by atoms with Crippen LogP contribution in [-0.2, 0) is 16.1 Å². The third kappa shape index (κ3) is 4.86. The minimum absolute atomic E-state index is 0.360. The Morgan fingerprint density at radius 3 is 2.73 bits per heavy atom. The van der Waals surface area contributed by atoms with E-state index in [0.717, 1.165) is 17.0 Å². The molecule has 0 spiro atoms. The van der Waals surface area contributed by atoms with Gasteiger partial charge in [0, 0.05) is 30.2 Å². The highest BCUT2D eigenvalue weighted by molar-refractivity contribution is 5.85. The van der Waals surface area contributed by atoms with Crippen LogP contribution in [0.15, 0.2) is 43.0 Å². The minimum Gasteiger partial charge on any atom is -0.387 e. The normalized spacial score (nSPS) is 21.3. The zero-order valence-corrected chi connectivity index (χ0v) is 20.7. The maximum absolute atomic E-state index is 12.4. The zero-order chi connectivity index (χ0) is 26.1. The van der Waals surface area contributed by atoms with Gasteiger partial charge in [-0.25, -0.2) is 15.0 Å². The number of hydrogen-bond donors (Lipinski definition) is 4. The highest BCUT2D eigenvalue weighted by Crippen LogP contribution is 2.33. The number of ether oxygens (including phenoxy) is 1. The predicted molar refractivity (Wildman–Crippen MR) is 134 cm³/mol. The molecule has 4 aromatic rings. The quantitative estimate of drug-likeness (QED) is 0.288. The van der Waals surface area contributed by atoms with Crippen molar-refractivity contribution in [3.8, 4) is 11.4 Å². The topological polar surface area (TPSA) is 160 Å². The molecule has 0 saturated carbocycles. The third-order valence-corrected chi connectivity index (χ3v) is 6.06. The van der Waals surface area contributed by atoms with Crippen molar-refractivity contribution in [1.82, 2.24) is 34.8 Å². The Kier molecular flexibility index (Phi) is 6.78. The molecule has 37 heavy (non-hydrogen) atoms. The van der Waals surface area contributed by atoms with Crippen molar-refractivity contribution in [2.45, 2.75) is 51.9 Å². The molecule has 192 valence electrons. The van der Waals surface area contributed by atoms with E-state index in [2.05, 4.69) is 25.6 Å². The number of aryl methyl sites for hydroxylation is 2. The van der Waals surface area contributed by atoms with Gasteiger partial charge in [-0.1, -0.05) is 6.07 Å². The standard InChI is InChI=1S/C25H28N8O4/c1-4-27-24(36)20-18(34)19(35)25(37-20)33-12-29-17-22(28-11-16-7-5-6-14(3)30-16)31-21(32-23(17)33)15-8-13(2)9-26-10-15/h5-10,12,18-20,25,34-35H,4,11H2,1-3H3,(H,27,36)(H,28,31,32)/t18-,19+,20-,25+/m0/s1. The highest BCUT2D eigenvalue weighted by Gasteiger charge is 2.47. The smallest absolute Gasteiger partial charge is 0.252 e. The first-order valence-electron chi connectivity index (χ1n) is 12.0. The summed E-state index contributed by atoms with van der Waals surface area (Å²) in [7, 11) is 0. The number of imidazole rings is 1. The van der Waals surface area contributed by atoms with Crippen molar-refractivity contribution in [2.24, 2.45) is 0 Å². The van der Waals surface area contributed by atoms with Crippen LogP contribution < -0.4 is 10.6 Å². The summed E-state index contributed by atoms with van der Waals surface area (Å²) >= 11 is 0. The number of aliphatic hydroxyl groups is 2. The van der Waals surface area contributed by atoms with Crippen LogP contribution in [0.1, 0.15) is 30.1 Å². The molecule has 1 amide bonds. The number of pyridine rings is 2. The number of anilines is 1. The fourth-order valence-electron chi connectivity index (χ4n) is 4.29. The van der Waals surface area contributed by atoms with Crippen LogP contribution in [0.4, 0.5) is 5.82 Å². The molecule has 0 unspecified atom stereocenters. The molecule has 1 fully saturated rings. The van der Waals surface area contributed by atoms with E-state index in [-0.39, 0.29) is 0 Å². The average molecular weight is 505 g/mol. The number of aliphatic hydroxyl groups excluding tert-OH is 2. The molecule has 1 saturated heterocycles. The summed E-state index contributed by atoms with van der Waals surface area (Å²) in [6.07, 6.45) is -0.258. The monoisotopic (exact) mass is 504 g/mol. The molecule has 1 aliphatic heterocycles. The number of carbonyl (C=O) groups is 1. The summed E-state index contributed by atoms with van der Waals surface area (Å²) in [5.74, 6) is 0.338. The molecule has 1 aliphatic rings. The van der Waals surface area contributed by atoms with Crippen LogP contribution in [0.5, 0.6) is 0 Å². The molecule has 5 heterocycles. The summed E-state index contributed by atoms with van der Waals surface area (Å²) in [5, 5.41) is 27.2.